The van der Waals surface area contributed by atoms with Crippen LogP contribution in [0.4, 0.5) is 5.69 Å². The molecule has 9 heteroatoms. The van der Waals surface area contributed by atoms with E-state index in [-0.39, 0.29) is 11.6 Å². The summed E-state index contributed by atoms with van der Waals surface area (Å²) >= 11 is 12.6. The summed E-state index contributed by atoms with van der Waals surface area (Å²) in [6, 6.07) is 14.2. The molecule has 2 aromatic rings. The van der Waals surface area contributed by atoms with E-state index < -0.39 is 12.0 Å². The van der Waals surface area contributed by atoms with E-state index in [0.29, 0.717) is 21.5 Å². The van der Waals surface area contributed by atoms with Gasteiger partial charge >= 0.3 is 0 Å². The Morgan fingerprint density at radius 2 is 1.88 bits per heavy atom. The Bertz CT molecular complexity index is 1060. The topological polar surface area (TPSA) is 81.0 Å². The zero-order valence-corrected chi connectivity index (χ0v) is 19.1. The van der Waals surface area contributed by atoms with Crippen molar-refractivity contribution in [3.63, 3.8) is 0 Å². The summed E-state index contributed by atoms with van der Waals surface area (Å²) in [6.07, 6.45) is 3.20. The van der Waals surface area contributed by atoms with Crippen LogP contribution >= 0.6 is 23.2 Å². The maximum absolute atomic E-state index is 13.1. The number of rotatable bonds is 5. The van der Waals surface area contributed by atoms with Crippen LogP contribution in [-0.2, 0) is 4.79 Å². The number of hydrogen-bond acceptors (Lipinski definition) is 6. The Morgan fingerprint density at radius 1 is 1.16 bits per heavy atom. The standard InChI is InChI=1S/C23H23Cl2N5O2/c1-32-17-8-5-15(6-9-17)22-18(14-26)21(23(31)28-29-11-3-2-4-12-29)27-30(22)20-10-7-16(24)13-19(20)25/h5-10,13,18,22H,2-4,11-12H2,1H3,(H,28,31)/t18-,22-/m1/s1. The predicted molar refractivity (Wildman–Crippen MR) is 125 cm³/mol. The lowest BCUT2D eigenvalue weighted by Crippen LogP contribution is -2.48. The minimum Gasteiger partial charge on any atom is -0.497 e. The fraction of sp³-hybridized carbons (Fsp3) is 0.348. The van der Waals surface area contributed by atoms with Gasteiger partial charge in [-0.1, -0.05) is 41.8 Å². The molecule has 2 aromatic carbocycles. The van der Waals surface area contributed by atoms with Crippen LogP contribution in [0.2, 0.25) is 10.0 Å². The summed E-state index contributed by atoms with van der Waals surface area (Å²) in [7, 11) is 1.59. The number of methoxy groups -OCH3 is 1. The van der Waals surface area contributed by atoms with Crippen LogP contribution in [0, 0.1) is 17.2 Å². The van der Waals surface area contributed by atoms with Crippen molar-refractivity contribution in [2.75, 3.05) is 25.2 Å². The quantitative estimate of drug-likeness (QED) is 0.690. The van der Waals surface area contributed by atoms with E-state index in [2.05, 4.69) is 16.6 Å². The molecule has 0 aliphatic carbocycles. The zero-order chi connectivity index (χ0) is 22.7. The number of carbonyl (C=O) groups excluding carboxylic acids is 1. The SMILES string of the molecule is COc1ccc([C@@H]2[C@H](C#N)C(C(=O)NN3CCCCC3)=NN2c2ccc(Cl)cc2Cl)cc1. The summed E-state index contributed by atoms with van der Waals surface area (Å²) in [5, 5.41) is 19.1. The highest BCUT2D eigenvalue weighted by atomic mass is 35.5. The Labute approximate surface area is 197 Å². The predicted octanol–water partition coefficient (Wildman–Crippen LogP) is 4.58. The molecule has 2 heterocycles. The van der Waals surface area contributed by atoms with Crippen molar-refractivity contribution in [1.29, 1.82) is 5.26 Å². The highest BCUT2D eigenvalue weighted by Gasteiger charge is 2.43. The number of hydrogen-bond donors (Lipinski definition) is 1. The lowest BCUT2D eigenvalue weighted by molar-refractivity contribution is -0.119. The molecular weight excluding hydrogens is 449 g/mol. The van der Waals surface area contributed by atoms with Gasteiger partial charge in [-0.2, -0.15) is 10.4 Å². The van der Waals surface area contributed by atoms with E-state index in [4.69, 9.17) is 27.9 Å². The molecule has 1 fully saturated rings. The number of hydrazine groups is 1. The third kappa shape index (κ3) is 4.53. The molecule has 2 atom stereocenters. The number of carbonyl (C=O) groups is 1. The number of nitriles is 1. The number of benzene rings is 2. The molecular formula is C23H23Cl2N5O2. The minimum atomic E-state index is -0.792. The lowest BCUT2D eigenvalue weighted by atomic mass is 9.90. The largest absolute Gasteiger partial charge is 0.497 e. The molecule has 1 amide bonds. The summed E-state index contributed by atoms with van der Waals surface area (Å²) in [4.78, 5) is 13.1. The Hall–Kier alpha value is -2.79. The Morgan fingerprint density at radius 3 is 2.50 bits per heavy atom. The molecule has 1 saturated heterocycles. The van der Waals surface area contributed by atoms with E-state index in [1.807, 2.05) is 29.3 Å². The average molecular weight is 472 g/mol. The van der Waals surface area contributed by atoms with Crippen molar-refractivity contribution in [2.45, 2.75) is 25.3 Å². The highest BCUT2D eigenvalue weighted by molar-refractivity contribution is 6.41. The van der Waals surface area contributed by atoms with Crippen LogP contribution in [0.1, 0.15) is 30.9 Å². The average Bonchev–Trinajstić information content (AvgIpc) is 3.19. The fourth-order valence-corrected chi connectivity index (χ4v) is 4.56. The first kappa shape index (κ1) is 22.4. The Balaban J connectivity index is 1.72. The van der Waals surface area contributed by atoms with Crippen molar-refractivity contribution in [1.82, 2.24) is 10.4 Å². The molecule has 2 aliphatic rings. The number of amides is 1. The number of halogens is 2. The van der Waals surface area contributed by atoms with Crippen LogP contribution in [-0.4, -0.2) is 36.8 Å². The Kier molecular flexibility index (Phi) is 6.85. The molecule has 166 valence electrons. The van der Waals surface area contributed by atoms with Gasteiger partial charge in [0.2, 0.25) is 0 Å². The van der Waals surface area contributed by atoms with Crippen molar-refractivity contribution >= 4 is 40.5 Å². The van der Waals surface area contributed by atoms with Crippen LogP contribution < -0.4 is 15.2 Å². The second kappa shape index (κ2) is 9.78. The van der Waals surface area contributed by atoms with Crippen molar-refractivity contribution in [3.8, 4) is 11.8 Å². The maximum Gasteiger partial charge on any atom is 0.283 e. The van der Waals surface area contributed by atoms with Gasteiger partial charge in [-0.15, -0.1) is 0 Å². The monoisotopic (exact) mass is 471 g/mol. The number of nitrogens with one attached hydrogen (secondary N) is 1. The third-order valence-corrected chi connectivity index (χ3v) is 6.23. The van der Waals surface area contributed by atoms with Gasteiger partial charge in [-0.25, -0.2) is 5.01 Å². The first-order chi connectivity index (χ1) is 15.5. The van der Waals surface area contributed by atoms with Gasteiger partial charge in [0.1, 0.15) is 17.4 Å². The van der Waals surface area contributed by atoms with Crippen molar-refractivity contribution < 1.29 is 9.53 Å². The number of ether oxygens (including phenoxy) is 1. The first-order valence-electron chi connectivity index (χ1n) is 10.4. The molecule has 1 N–H and O–H groups in total. The second-order valence-electron chi connectivity index (χ2n) is 7.74. The highest BCUT2D eigenvalue weighted by Crippen LogP contribution is 2.42. The van der Waals surface area contributed by atoms with E-state index in [1.165, 1.54) is 0 Å². The third-order valence-electron chi connectivity index (χ3n) is 5.69. The van der Waals surface area contributed by atoms with Gasteiger partial charge in [0.05, 0.1) is 29.9 Å². The van der Waals surface area contributed by atoms with Crippen molar-refractivity contribution in [3.05, 3.63) is 58.1 Å². The molecule has 0 radical (unpaired) electrons. The molecule has 7 nitrogen and oxygen atoms in total. The molecule has 0 unspecified atom stereocenters. The van der Waals surface area contributed by atoms with Crippen molar-refractivity contribution in [2.24, 2.45) is 11.0 Å². The van der Waals surface area contributed by atoms with E-state index >= 15 is 0 Å². The molecule has 0 aromatic heterocycles. The van der Waals surface area contributed by atoms with E-state index in [9.17, 15) is 10.1 Å². The summed E-state index contributed by atoms with van der Waals surface area (Å²) in [5.41, 5.74) is 4.46. The molecule has 0 bridgehead atoms. The van der Waals surface area contributed by atoms with E-state index in [1.54, 1.807) is 30.3 Å². The van der Waals surface area contributed by atoms with E-state index in [0.717, 1.165) is 37.9 Å². The second-order valence-corrected chi connectivity index (χ2v) is 8.58. The van der Waals surface area contributed by atoms with Gasteiger partial charge in [0.25, 0.3) is 5.91 Å². The normalized spacial score (nSPS) is 21.1. The van der Waals surface area contributed by atoms with Crippen LogP contribution in [0.25, 0.3) is 0 Å². The maximum atomic E-state index is 13.1. The number of hydrazone groups is 1. The fourth-order valence-electron chi connectivity index (χ4n) is 4.06. The van der Waals surface area contributed by atoms with Crippen LogP contribution in [0.5, 0.6) is 5.75 Å². The van der Waals surface area contributed by atoms with Crippen LogP contribution in [0.3, 0.4) is 0 Å². The van der Waals surface area contributed by atoms with Crippen LogP contribution in [0.15, 0.2) is 47.6 Å². The minimum absolute atomic E-state index is 0.157. The smallest absolute Gasteiger partial charge is 0.283 e. The molecule has 4 rings (SSSR count). The summed E-state index contributed by atoms with van der Waals surface area (Å²) in [6.45, 7) is 1.57. The number of nitrogens with zero attached hydrogens (tertiary/aromatic N) is 4. The van der Waals surface area contributed by atoms with Gasteiger partial charge in [0, 0.05) is 18.1 Å². The van der Waals surface area contributed by atoms with Gasteiger partial charge in [-0.3, -0.25) is 15.2 Å². The molecule has 32 heavy (non-hydrogen) atoms. The number of piperidine rings is 1. The van der Waals surface area contributed by atoms with Gasteiger partial charge in [0.15, 0.2) is 0 Å². The number of anilines is 1. The molecule has 2 aliphatic heterocycles. The molecule has 0 saturated carbocycles. The zero-order valence-electron chi connectivity index (χ0n) is 17.6. The molecule has 0 spiro atoms. The first-order valence-corrected chi connectivity index (χ1v) is 11.2. The summed E-state index contributed by atoms with van der Waals surface area (Å²) < 4.78 is 5.26. The van der Waals surface area contributed by atoms with Gasteiger partial charge in [-0.05, 0) is 48.7 Å². The summed E-state index contributed by atoms with van der Waals surface area (Å²) in [5.74, 6) is -0.468. The van der Waals surface area contributed by atoms with Gasteiger partial charge < -0.3 is 4.74 Å². The lowest BCUT2D eigenvalue weighted by Gasteiger charge is -2.27.